The van der Waals surface area contributed by atoms with Crippen LogP contribution in [0.4, 0.5) is 0 Å². The highest BCUT2D eigenvalue weighted by molar-refractivity contribution is 5.85. The summed E-state index contributed by atoms with van der Waals surface area (Å²) in [4.78, 5) is 16.6. The lowest BCUT2D eigenvalue weighted by Crippen LogP contribution is -2.53. The highest BCUT2D eigenvalue weighted by Crippen LogP contribution is 2.33. The van der Waals surface area contributed by atoms with Crippen molar-refractivity contribution < 1.29 is 4.79 Å². The molecule has 1 amide bonds. The predicted molar refractivity (Wildman–Crippen MR) is 72.3 cm³/mol. The van der Waals surface area contributed by atoms with Crippen molar-refractivity contribution in [2.75, 3.05) is 40.3 Å². The van der Waals surface area contributed by atoms with Crippen LogP contribution in [0.5, 0.6) is 0 Å². The van der Waals surface area contributed by atoms with Crippen molar-refractivity contribution in [1.82, 2.24) is 15.1 Å². The molecule has 0 aromatic carbocycles. The first-order valence-electron chi connectivity index (χ1n) is 6.99. The van der Waals surface area contributed by atoms with Gasteiger partial charge in [-0.2, -0.15) is 0 Å². The Balaban J connectivity index is 1.97. The molecule has 2 aliphatic rings. The minimum Gasteiger partial charge on any atom is -0.368 e. The first-order valence-corrected chi connectivity index (χ1v) is 6.99. The Morgan fingerprint density at radius 3 is 2.72 bits per heavy atom. The van der Waals surface area contributed by atoms with Gasteiger partial charge >= 0.3 is 0 Å². The van der Waals surface area contributed by atoms with E-state index in [1.165, 1.54) is 13.0 Å². The van der Waals surface area contributed by atoms with Crippen LogP contribution in [0.3, 0.4) is 0 Å². The quantitative estimate of drug-likeness (QED) is 0.721. The minimum atomic E-state index is -0.469. The van der Waals surface area contributed by atoms with Crippen LogP contribution in [0.1, 0.15) is 25.7 Å². The fourth-order valence-electron chi connectivity index (χ4n) is 3.34. The van der Waals surface area contributed by atoms with Crippen LogP contribution < -0.4 is 11.1 Å². The fraction of sp³-hybridized carbons (Fsp3) is 0.923. The topological polar surface area (TPSA) is 61.6 Å². The molecule has 1 aliphatic carbocycles. The van der Waals surface area contributed by atoms with Crippen LogP contribution in [0.25, 0.3) is 0 Å². The van der Waals surface area contributed by atoms with E-state index in [1.807, 2.05) is 7.05 Å². The van der Waals surface area contributed by atoms with Crippen molar-refractivity contribution in [2.24, 2.45) is 5.73 Å². The minimum absolute atomic E-state index is 0.195. The van der Waals surface area contributed by atoms with Gasteiger partial charge in [0.2, 0.25) is 5.91 Å². The van der Waals surface area contributed by atoms with E-state index in [9.17, 15) is 4.79 Å². The van der Waals surface area contributed by atoms with Gasteiger partial charge in [0.25, 0.3) is 0 Å². The Labute approximate surface area is 110 Å². The Morgan fingerprint density at radius 1 is 1.33 bits per heavy atom. The molecule has 18 heavy (non-hydrogen) atoms. The largest absolute Gasteiger partial charge is 0.368 e. The predicted octanol–water partition coefficient (Wildman–Crippen LogP) is -0.380. The van der Waals surface area contributed by atoms with E-state index in [0.29, 0.717) is 6.04 Å². The molecule has 104 valence electrons. The smallest absolute Gasteiger partial charge is 0.237 e. The number of carbonyl (C=O) groups is 1. The van der Waals surface area contributed by atoms with Crippen LogP contribution in [0, 0.1) is 0 Å². The highest BCUT2D eigenvalue weighted by Gasteiger charge is 2.44. The maximum atomic E-state index is 11.6. The molecule has 2 unspecified atom stereocenters. The average Bonchev–Trinajstić information content (AvgIpc) is 2.68. The highest BCUT2D eigenvalue weighted by atomic mass is 16.1. The fourth-order valence-corrected chi connectivity index (χ4v) is 3.34. The molecule has 2 fully saturated rings. The zero-order valence-electron chi connectivity index (χ0n) is 11.6. The van der Waals surface area contributed by atoms with Gasteiger partial charge in [0, 0.05) is 19.1 Å². The first kappa shape index (κ1) is 13.8. The normalized spacial score (nSPS) is 35.6. The molecule has 1 saturated carbocycles. The van der Waals surface area contributed by atoms with Crippen molar-refractivity contribution in [3.63, 3.8) is 0 Å². The van der Waals surface area contributed by atoms with Crippen molar-refractivity contribution in [2.45, 2.75) is 37.3 Å². The Hall–Kier alpha value is -0.650. The number of rotatable bonds is 3. The molecule has 0 radical (unpaired) electrons. The summed E-state index contributed by atoms with van der Waals surface area (Å²) in [6, 6.07) is 0.511. The molecule has 2 atom stereocenters. The molecule has 1 saturated heterocycles. The lowest BCUT2D eigenvalue weighted by Gasteiger charge is -2.30. The molecule has 0 aromatic heterocycles. The molecule has 0 bridgehead atoms. The van der Waals surface area contributed by atoms with E-state index >= 15 is 0 Å². The monoisotopic (exact) mass is 254 g/mol. The second-order valence-corrected chi connectivity index (χ2v) is 5.79. The Bertz CT molecular complexity index is 309. The maximum absolute atomic E-state index is 11.6. The zero-order valence-corrected chi connectivity index (χ0v) is 11.6. The van der Waals surface area contributed by atoms with Gasteiger partial charge in [-0.3, -0.25) is 9.69 Å². The second kappa shape index (κ2) is 5.55. The number of likely N-dealkylation sites (N-methyl/N-ethyl adjacent to an activating group) is 2. The van der Waals surface area contributed by atoms with E-state index in [-0.39, 0.29) is 5.91 Å². The van der Waals surface area contributed by atoms with Crippen LogP contribution in [0.2, 0.25) is 0 Å². The van der Waals surface area contributed by atoms with Gasteiger partial charge in [-0.05, 0) is 52.9 Å². The van der Waals surface area contributed by atoms with Gasteiger partial charge in [0.1, 0.15) is 0 Å². The average molecular weight is 254 g/mol. The van der Waals surface area contributed by atoms with E-state index in [4.69, 9.17) is 5.73 Å². The van der Waals surface area contributed by atoms with Crippen LogP contribution in [-0.4, -0.2) is 67.6 Å². The summed E-state index contributed by atoms with van der Waals surface area (Å²) in [5, 5.41) is 3.16. The molecule has 5 heteroatoms. The lowest BCUT2D eigenvalue weighted by molar-refractivity contribution is -0.124. The summed E-state index contributed by atoms with van der Waals surface area (Å²) in [5.74, 6) is -0.195. The molecular formula is C13H26N4O. The van der Waals surface area contributed by atoms with E-state index in [2.05, 4.69) is 22.2 Å². The number of hydrogen-bond donors (Lipinski definition) is 2. The molecule has 0 aromatic rings. The third-order valence-electron chi connectivity index (χ3n) is 4.71. The van der Waals surface area contributed by atoms with E-state index < -0.39 is 5.54 Å². The number of nitrogens with one attached hydrogen (secondary N) is 1. The first-order chi connectivity index (χ1) is 8.57. The number of nitrogens with two attached hydrogens (primary N) is 1. The van der Waals surface area contributed by atoms with Crippen molar-refractivity contribution in [3.05, 3.63) is 0 Å². The molecular weight excluding hydrogens is 228 g/mol. The summed E-state index contributed by atoms with van der Waals surface area (Å²) in [5.41, 5.74) is 5.09. The van der Waals surface area contributed by atoms with Crippen LogP contribution in [0.15, 0.2) is 0 Å². The van der Waals surface area contributed by atoms with E-state index in [0.717, 1.165) is 38.9 Å². The van der Waals surface area contributed by atoms with Crippen LogP contribution in [-0.2, 0) is 4.79 Å². The van der Waals surface area contributed by atoms with Gasteiger partial charge in [0.05, 0.1) is 5.54 Å². The Kier molecular flexibility index (Phi) is 4.25. The Morgan fingerprint density at radius 2 is 2.11 bits per heavy atom. The third-order valence-corrected chi connectivity index (χ3v) is 4.71. The summed E-state index contributed by atoms with van der Waals surface area (Å²) in [6.45, 7) is 4.56. The summed E-state index contributed by atoms with van der Waals surface area (Å²) >= 11 is 0. The summed E-state index contributed by atoms with van der Waals surface area (Å²) < 4.78 is 0. The number of carbonyl (C=O) groups excluding carboxylic acids is 1. The van der Waals surface area contributed by atoms with Crippen LogP contribution >= 0.6 is 0 Å². The van der Waals surface area contributed by atoms with Gasteiger partial charge in [0.15, 0.2) is 0 Å². The molecule has 5 nitrogen and oxygen atoms in total. The number of nitrogens with zero attached hydrogens (tertiary/aromatic N) is 2. The van der Waals surface area contributed by atoms with Gasteiger partial charge < -0.3 is 16.0 Å². The maximum Gasteiger partial charge on any atom is 0.237 e. The second-order valence-electron chi connectivity index (χ2n) is 5.79. The molecule has 3 N–H and O–H groups in total. The molecule has 0 spiro atoms. The van der Waals surface area contributed by atoms with Crippen molar-refractivity contribution in [3.8, 4) is 0 Å². The van der Waals surface area contributed by atoms with Crippen molar-refractivity contribution >= 4 is 5.91 Å². The standard InChI is InChI=1S/C13H26N4O/c1-15-13(12(14)18)5-4-11(10-13)17-7-3-6-16(2)8-9-17/h11,15H,3-10H2,1-2H3,(H2,14,18). The SMILES string of the molecule is CNC1(C(N)=O)CCC(N2CCCN(C)CC2)C1. The summed E-state index contributed by atoms with van der Waals surface area (Å²) in [6.07, 6.45) is 4.03. The number of hydrogen-bond acceptors (Lipinski definition) is 4. The zero-order chi connectivity index (χ0) is 13.2. The lowest BCUT2D eigenvalue weighted by atomic mass is 9.96. The van der Waals surface area contributed by atoms with E-state index in [1.54, 1.807) is 0 Å². The van der Waals surface area contributed by atoms with Gasteiger partial charge in [-0.15, -0.1) is 0 Å². The molecule has 1 heterocycles. The third kappa shape index (κ3) is 2.68. The van der Waals surface area contributed by atoms with Gasteiger partial charge in [-0.25, -0.2) is 0 Å². The molecule has 1 aliphatic heterocycles. The van der Waals surface area contributed by atoms with Crippen molar-refractivity contribution in [1.29, 1.82) is 0 Å². The molecule has 2 rings (SSSR count). The van der Waals surface area contributed by atoms with Gasteiger partial charge in [-0.1, -0.05) is 0 Å². The number of primary amides is 1. The number of amides is 1. The summed E-state index contributed by atoms with van der Waals surface area (Å²) in [7, 11) is 4.03.